The maximum atomic E-state index is 6.14. The molecule has 3 nitrogen and oxygen atoms in total. The van der Waals surface area contributed by atoms with Crippen LogP contribution in [-0.4, -0.2) is 7.11 Å². The Labute approximate surface area is 199 Å². The van der Waals surface area contributed by atoms with Crippen LogP contribution >= 0.6 is 31.9 Å². The van der Waals surface area contributed by atoms with Crippen molar-refractivity contribution in [1.82, 2.24) is 0 Å². The van der Waals surface area contributed by atoms with Gasteiger partial charge < -0.3 is 14.8 Å². The number of rotatable bonds is 5. The van der Waals surface area contributed by atoms with Crippen LogP contribution in [0.3, 0.4) is 0 Å². The molecule has 5 heteroatoms. The Hall–Kier alpha value is -2.24. The van der Waals surface area contributed by atoms with Crippen molar-refractivity contribution in [2.75, 3.05) is 12.4 Å². The van der Waals surface area contributed by atoms with E-state index < -0.39 is 0 Å². The Bertz CT molecular complexity index is 1130. The lowest BCUT2D eigenvalue weighted by atomic mass is 9.77. The van der Waals surface area contributed by atoms with Gasteiger partial charge in [0.1, 0.15) is 6.61 Å². The predicted octanol–water partition coefficient (Wildman–Crippen LogP) is 7.63. The number of nitrogens with one attached hydrogen (secondary N) is 1. The average Bonchev–Trinajstić information content (AvgIpc) is 3.28. The molecule has 1 heterocycles. The van der Waals surface area contributed by atoms with Crippen molar-refractivity contribution in [3.8, 4) is 11.5 Å². The van der Waals surface area contributed by atoms with Crippen LogP contribution < -0.4 is 14.8 Å². The molecular formula is C26H23Br2NO2. The fourth-order valence-corrected chi connectivity index (χ4v) is 5.77. The van der Waals surface area contributed by atoms with Gasteiger partial charge in [0.15, 0.2) is 11.5 Å². The van der Waals surface area contributed by atoms with Crippen LogP contribution in [0.25, 0.3) is 0 Å². The summed E-state index contributed by atoms with van der Waals surface area (Å²) >= 11 is 7.48. The van der Waals surface area contributed by atoms with E-state index in [9.17, 15) is 0 Å². The molecule has 2 aliphatic rings. The van der Waals surface area contributed by atoms with Gasteiger partial charge in [0, 0.05) is 10.4 Å². The molecule has 1 aliphatic carbocycles. The Morgan fingerprint density at radius 2 is 1.84 bits per heavy atom. The highest BCUT2D eigenvalue weighted by Gasteiger charge is 2.39. The molecule has 1 N–H and O–H groups in total. The molecule has 158 valence electrons. The van der Waals surface area contributed by atoms with E-state index in [1.54, 1.807) is 7.11 Å². The van der Waals surface area contributed by atoms with Crippen LogP contribution in [0.15, 0.2) is 81.8 Å². The molecule has 0 aromatic heterocycles. The molecule has 3 aromatic rings. The number of para-hydroxylation sites is 1. The molecule has 3 atom stereocenters. The number of allylic oxidation sites excluding steroid dienone is 2. The number of benzene rings is 3. The molecule has 0 unspecified atom stereocenters. The maximum absolute atomic E-state index is 6.14. The first-order valence-electron chi connectivity index (χ1n) is 10.4. The highest BCUT2D eigenvalue weighted by atomic mass is 79.9. The highest BCUT2D eigenvalue weighted by Crippen LogP contribution is 2.52. The van der Waals surface area contributed by atoms with Crippen molar-refractivity contribution in [2.24, 2.45) is 5.92 Å². The zero-order chi connectivity index (χ0) is 21.4. The van der Waals surface area contributed by atoms with E-state index in [0.717, 1.165) is 32.4 Å². The second-order valence-corrected chi connectivity index (χ2v) is 9.70. The zero-order valence-corrected chi connectivity index (χ0v) is 20.3. The van der Waals surface area contributed by atoms with Gasteiger partial charge in [-0.15, -0.1) is 0 Å². The van der Waals surface area contributed by atoms with Crippen molar-refractivity contribution < 1.29 is 9.47 Å². The molecule has 0 saturated heterocycles. The van der Waals surface area contributed by atoms with Crippen molar-refractivity contribution in [3.63, 3.8) is 0 Å². The third-order valence-corrected chi connectivity index (χ3v) is 7.43. The number of fused-ring (bicyclic) bond motifs is 3. The Morgan fingerprint density at radius 1 is 1.00 bits per heavy atom. The topological polar surface area (TPSA) is 30.5 Å². The number of anilines is 1. The minimum absolute atomic E-state index is 0.180. The smallest absolute Gasteiger partial charge is 0.175 e. The summed E-state index contributed by atoms with van der Waals surface area (Å²) in [4.78, 5) is 0. The van der Waals surface area contributed by atoms with Gasteiger partial charge in [0.2, 0.25) is 0 Å². The number of methoxy groups -OCH3 is 1. The summed E-state index contributed by atoms with van der Waals surface area (Å²) in [6, 6.07) is 21.1. The first-order valence-corrected chi connectivity index (χ1v) is 12.0. The van der Waals surface area contributed by atoms with Gasteiger partial charge in [-0.1, -0.05) is 54.6 Å². The lowest BCUT2D eigenvalue weighted by Crippen LogP contribution is -2.29. The summed E-state index contributed by atoms with van der Waals surface area (Å²) in [7, 11) is 1.70. The summed E-state index contributed by atoms with van der Waals surface area (Å²) in [5.41, 5.74) is 4.85. The minimum atomic E-state index is 0.180. The third-order valence-electron chi connectivity index (χ3n) is 6.18. The maximum Gasteiger partial charge on any atom is 0.175 e. The van der Waals surface area contributed by atoms with Gasteiger partial charge in [-0.3, -0.25) is 0 Å². The van der Waals surface area contributed by atoms with Crippen LogP contribution in [0.1, 0.15) is 35.1 Å². The highest BCUT2D eigenvalue weighted by molar-refractivity contribution is 9.11. The second kappa shape index (κ2) is 8.71. The second-order valence-electron chi connectivity index (χ2n) is 7.99. The lowest BCUT2D eigenvalue weighted by Gasteiger charge is -2.38. The van der Waals surface area contributed by atoms with E-state index in [0.29, 0.717) is 18.4 Å². The van der Waals surface area contributed by atoms with Gasteiger partial charge in [-0.25, -0.2) is 0 Å². The van der Waals surface area contributed by atoms with Gasteiger partial charge >= 0.3 is 0 Å². The first-order chi connectivity index (χ1) is 15.2. The standard InChI is InChI=1S/C26H23Br2NO2/c1-30-23-14-17(13-22(28)26(23)31-15-16-7-3-2-4-8-16)24-19-10-5-9-18(19)20-11-6-12-21(27)25(20)29-24/h2-9,11-14,18-19,24,29H,10,15H2,1H3/t18-,19-,24-/m0/s1. The summed E-state index contributed by atoms with van der Waals surface area (Å²) in [5.74, 6) is 2.35. The summed E-state index contributed by atoms with van der Waals surface area (Å²) < 4.78 is 13.9. The molecule has 0 fully saturated rings. The largest absolute Gasteiger partial charge is 0.493 e. The summed E-state index contributed by atoms with van der Waals surface area (Å²) in [6.07, 6.45) is 5.72. The van der Waals surface area contributed by atoms with Crippen LogP contribution in [0.4, 0.5) is 5.69 Å². The normalized spacial score (nSPS) is 21.2. The molecule has 0 amide bonds. The molecule has 3 aromatic carbocycles. The Kier molecular flexibility index (Phi) is 5.81. The summed E-state index contributed by atoms with van der Waals surface area (Å²) in [5, 5.41) is 3.80. The van der Waals surface area contributed by atoms with E-state index in [-0.39, 0.29) is 6.04 Å². The third kappa shape index (κ3) is 3.90. The predicted molar refractivity (Wildman–Crippen MR) is 132 cm³/mol. The minimum Gasteiger partial charge on any atom is -0.493 e. The van der Waals surface area contributed by atoms with Crippen molar-refractivity contribution in [3.05, 3.63) is 98.5 Å². The first kappa shape index (κ1) is 20.7. The molecule has 0 saturated carbocycles. The van der Waals surface area contributed by atoms with Gasteiger partial charge in [-0.2, -0.15) is 0 Å². The van der Waals surface area contributed by atoms with Crippen molar-refractivity contribution in [1.29, 1.82) is 0 Å². The monoisotopic (exact) mass is 539 g/mol. The number of halogens is 2. The van der Waals surface area contributed by atoms with Crippen molar-refractivity contribution in [2.45, 2.75) is 25.0 Å². The molecule has 5 rings (SSSR count). The van der Waals surface area contributed by atoms with Crippen LogP contribution in [0.5, 0.6) is 11.5 Å². The Morgan fingerprint density at radius 3 is 2.65 bits per heavy atom. The SMILES string of the molecule is COc1cc([C@@H]2Nc3c(Br)cccc3[C@H]3C=CC[C@@H]32)cc(Br)c1OCc1ccccc1. The lowest BCUT2D eigenvalue weighted by molar-refractivity contribution is 0.282. The average molecular weight is 541 g/mol. The molecular weight excluding hydrogens is 518 g/mol. The molecule has 0 spiro atoms. The molecule has 0 bridgehead atoms. The Balaban J connectivity index is 1.48. The van der Waals surface area contributed by atoms with Gasteiger partial charge in [0.05, 0.1) is 23.3 Å². The van der Waals surface area contributed by atoms with E-state index in [2.05, 4.69) is 91.8 Å². The van der Waals surface area contributed by atoms with Crippen LogP contribution in [0.2, 0.25) is 0 Å². The molecule has 0 radical (unpaired) electrons. The zero-order valence-electron chi connectivity index (χ0n) is 17.1. The van der Waals surface area contributed by atoms with E-state index in [1.165, 1.54) is 16.8 Å². The van der Waals surface area contributed by atoms with Gasteiger partial charge in [0.25, 0.3) is 0 Å². The van der Waals surface area contributed by atoms with Crippen molar-refractivity contribution >= 4 is 37.5 Å². The van der Waals surface area contributed by atoms with E-state index in [4.69, 9.17) is 9.47 Å². The van der Waals surface area contributed by atoms with Crippen LogP contribution in [0, 0.1) is 5.92 Å². The quantitative estimate of drug-likeness (QED) is 0.337. The molecule has 31 heavy (non-hydrogen) atoms. The van der Waals surface area contributed by atoms with E-state index >= 15 is 0 Å². The number of ether oxygens (including phenoxy) is 2. The van der Waals surface area contributed by atoms with Crippen LogP contribution in [-0.2, 0) is 6.61 Å². The van der Waals surface area contributed by atoms with E-state index in [1.807, 2.05) is 18.2 Å². The number of hydrogen-bond acceptors (Lipinski definition) is 3. The molecule has 1 aliphatic heterocycles. The van der Waals surface area contributed by atoms with Gasteiger partial charge in [-0.05, 0) is 79.1 Å². The summed E-state index contributed by atoms with van der Waals surface area (Å²) in [6.45, 7) is 0.492. The fraction of sp³-hybridized carbons (Fsp3) is 0.231. The number of hydrogen-bond donors (Lipinski definition) is 1. The fourth-order valence-electron chi connectivity index (χ4n) is 4.70.